The van der Waals surface area contributed by atoms with Gasteiger partial charge in [0.2, 0.25) is 5.91 Å². The summed E-state index contributed by atoms with van der Waals surface area (Å²) in [7, 11) is 3.34. The van der Waals surface area contributed by atoms with Crippen LogP contribution in [0.4, 0.5) is 54.4 Å². The number of hydrogen-bond acceptors (Lipinski definition) is 13. The second kappa shape index (κ2) is 43.9. The minimum absolute atomic E-state index is 0.00449. The fourth-order valence-corrected chi connectivity index (χ4v) is 13.6. The van der Waals surface area contributed by atoms with Crippen LogP contribution in [0.1, 0.15) is 138 Å². The third-order valence-electron chi connectivity index (χ3n) is 20.1. The number of ether oxygens (including phenoxy) is 1. The van der Waals surface area contributed by atoms with Gasteiger partial charge >= 0.3 is 12.1 Å². The van der Waals surface area contributed by atoms with Crippen molar-refractivity contribution in [3.8, 4) is 0 Å². The van der Waals surface area contributed by atoms with Crippen LogP contribution in [0.5, 0.6) is 0 Å². The molecule has 135 heavy (non-hydrogen) atoms. The van der Waals surface area contributed by atoms with E-state index in [-0.39, 0.29) is 75.8 Å². The van der Waals surface area contributed by atoms with Crippen molar-refractivity contribution in [3.63, 3.8) is 0 Å². The van der Waals surface area contributed by atoms with Crippen molar-refractivity contribution in [3.05, 3.63) is 356 Å². The lowest BCUT2D eigenvalue weighted by atomic mass is 10.0. The van der Waals surface area contributed by atoms with Gasteiger partial charge in [-0.1, -0.05) is 97.1 Å². The van der Waals surface area contributed by atoms with E-state index in [1.54, 1.807) is 179 Å². The van der Waals surface area contributed by atoms with Crippen LogP contribution in [0.3, 0.4) is 0 Å². The molecule has 0 fully saturated rings. The van der Waals surface area contributed by atoms with Crippen molar-refractivity contribution in [1.29, 1.82) is 0 Å². The Bertz CT molecular complexity index is 7280. The number of amides is 5. The Morgan fingerprint density at radius 3 is 1.19 bits per heavy atom. The Morgan fingerprint density at radius 1 is 0.467 bits per heavy atom. The van der Waals surface area contributed by atoms with Crippen LogP contribution >= 0.6 is 11.6 Å². The number of nitrogens with two attached hydrogens (primary N) is 1. The highest BCUT2D eigenvalue weighted by Crippen LogP contribution is 2.32. The standard InChI is InChI=1S/C22H16F2N4O.C21H18ClF2N3O.C21H21F2N3O2.C19H16F2N4O2.C17H12F2N2O2/c23-16-5-1-3-14(9-16)6-7-20-18-10-17(19(24)11-21(18)28-27-20)22(29)26-13-15-4-2-8-25-12-15;1-12(2)20(11-22)25-21(28)15-9-16-18(26-27-19(16)10-17(15)24)7-6-13-4-3-5-14(23)8-13;1-21(2,3)28-20(27)24-18-11-15-17(25-26(4)19(15)12-16(18)23)9-8-13-6-5-7-14(22)10-13;1-10(18(22)26)23-19(27)13-8-14-16(24-25-17(14)9-15(13)21)6-5-11-3-2-4-12(20)7-11;1-21-16-9-14(19)12(17(22)23)8-13(16)15(20-21)6-5-10-3-2-4-11(18)7-10/h1-12H,13H2,(H,26,29)(H,27,28);3-10,12,20H,1,11H2,2H3,(H-,25,26,27,28);5-12H,1-4H3,(H,24,27);2-10H,1H3,(H2,22,26)(H,23,27)(H,24,25);2-9H,1H3,(H,22,23)/p+1/b2*7-6+;9-8+;2*6-5+/t;12?,20-;;10-;/m.1.0./s1. The largest absolute Gasteiger partial charge is 0.478 e. The zero-order valence-electron chi connectivity index (χ0n) is 72.9. The molecule has 10 aromatic carbocycles. The molecule has 0 bridgehead atoms. The number of rotatable bonds is 22. The number of H-pyrrole nitrogens is 3. The van der Waals surface area contributed by atoms with Gasteiger partial charge in [0.15, 0.2) is 0 Å². The van der Waals surface area contributed by atoms with Gasteiger partial charge in [-0.2, -0.15) is 25.5 Å². The number of nitrogens with one attached hydrogen (secondary N) is 7. The summed E-state index contributed by atoms with van der Waals surface area (Å²) in [6.45, 7) is 12.5. The molecule has 16 rings (SSSR count). The van der Waals surface area contributed by atoms with Crippen molar-refractivity contribution < 1.29 is 82.5 Å². The predicted octanol–water partition coefficient (Wildman–Crippen LogP) is 20.9. The number of aromatic nitrogens is 11. The maximum atomic E-state index is 14.4. The number of benzene rings is 10. The fourth-order valence-electron chi connectivity index (χ4n) is 13.2. The lowest BCUT2D eigenvalue weighted by Gasteiger charge is -2.19. The van der Waals surface area contributed by atoms with E-state index in [2.05, 4.69) is 74.0 Å². The third-order valence-corrected chi connectivity index (χ3v) is 20.4. The molecule has 688 valence electrons. The summed E-state index contributed by atoms with van der Waals surface area (Å²) in [5.41, 5.74) is 12.5. The van der Waals surface area contributed by atoms with E-state index in [1.165, 1.54) is 121 Å². The number of pyridine rings is 1. The molecule has 10 N–H and O–H groups in total. The molecule has 24 nitrogen and oxygen atoms in total. The Labute approximate surface area is 769 Å². The summed E-state index contributed by atoms with van der Waals surface area (Å²) in [6, 6.07) is 45.7. The Hall–Kier alpha value is -16.5. The normalized spacial score (nSPS) is 12.2. The van der Waals surface area contributed by atoms with Gasteiger partial charge in [-0.15, -0.1) is 11.6 Å². The maximum Gasteiger partial charge on any atom is 0.412 e. The maximum absolute atomic E-state index is 14.4. The van der Waals surface area contributed by atoms with E-state index >= 15 is 0 Å². The van der Waals surface area contributed by atoms with Crippen molar-refractivity contribution in [1.82, 2.24) is 71.1 Å². The van der Waals surface area contributed by atoms with Crippen molar-refractivity contribution in [2.45, 2.75) is 58.8 Å². The van der Waals surface area contributed by atoms with Gasteiger partial charge in [0.1, 0.15) is 75.7 Å². The van der Waals surface area contributed by atoms with Crippen LogP contribution in [-0.2, 0) is 30.2 Å². The van der Waals surface area contributed by atoms with E-state index in [1.807, 2.05) is 13.0 Å². The summed E-state index contributed by atoms with van der Waals surface area (Å²) in [5.74, 6) is -9.11. The molecule has 5 amide bonds. The van der Waals surface area contributed by atoms with Crippen LogP contribution in [0.25, 0.3) is 115 Å². The number of aromatic amines is 3. The first-order valence-electron chi connectivity index (χ1n) is 41.2. The topological polar surface area (TPSA) is 341 Å². The molecule has 0 aliphatic rings. The highest BCUT2D eigenvalue weighted by molar-refractivity contribution is 6.18. The molecule has 0 aliphatic carbocycles. The molecule has 6 aromatic heterocycles. The van der Waals surface area contributed by atoms with Crippen LogP contribution in [-0.4, -0.2) is 119 Å². The number of carboxylic acid groups (broad SMARTS) is 1. The van der Waals surface area contributed by atoms with Crippen molar-refractivity contribution >= 4 is 168 Å². The highest BCUT2D eigenvalue weighted by atomic mass is 35.5. The van der Waals surface area contributed by atoms with E-state index in [0.29, 0.717) is 111 Å². The Balaban J connectivity index is 0.000000152. The monoisotopic (exact) mass is 1860 g/mol. The number of hydrogen-bond donors (Lipinski definition) is 9. The van der Waals surface area contributed by atoms with Gasteiger partial charge < -0.3 is 31.5 Å². The van der Waals surface area contributed by atoms with Gasteiger partial charge in [-0.05, 0) is 195 Å². The molecular weight excluding hydrogens is 1780 g/mol. The van der Waals surface area contributed by atoms with E-state index in [0.717, 1.165) is 17.7 Å². The number of carboxylic acids is 1. The Morgan fingerprint density at radius 2 is 0.830 bits per heavy atom. The van der Waals surface area contributed by atoms with E-state index < -0.39 is 82.0 Å². The average molecular weight is 1860 g/mol. The molecule has 16 aromatic rings. The molecule has 0 aliphatic heterocycles. The zero-order valence-corrected chi connectivity index (χ0v) is 73.6. The number of carbonyl (C=O) groups excluding carboxylic acids is 5. The summed E-state index contributed by atoms with van der Waals surface area (Å²) in [5, 5.41) is 51.2. The van der Waals surface area contributed by atoms with Crippen molar-refractivity contribution in [2.24, 2.45) is 25.7 Å². The van der Waals surface area contributed by atoms with Gasteiger partial charge in [0.25, 0.3) is 17.7 Å². The predicted molar refractivity (Wildman–Crippen MR) is 501 cm³/mol. The molecule has 1 unspecified atom stereocenters. The summed E-state index contributed by atoms with van der Waals surface area (Å²) < 4.78 is 146. The number of aromatic carboxylic acids is 1. The number of anilines is 1. The first kappa shape index (κ1) is 97.5. The van der Waals surface area contributed by atoms with Crippen molar-refractivity contribution in [2.75, 3.05) is 11.2 Å². The number of primary amides is 1. The smallest absolute Gasteiger partial charge is 0.412 e. The number of halogens is 11. The van der Waals surface area contributed by atoms with Gasteiger partial charge in [0.05, 0.1) is 97.0 Å². The lowest BCUT2D eigenvalue weighted by molar-refractivity contribution is -0.119. The fraction of sp³-hybridized carbons (Fsp3) is 0.130. The first-order valence-corrected chi connectivity index (χ1v) is 41.7. The van der Waals surface area contributed by atoms with Crippen LogP contribution < -0.4 is 27.0 Å². The minimum Gasteiger partial charge on any atom is -0.478 e. The molecule has 35 heteroatoms. The minimum atomic E-state index is -1.34. The Kier molecular flexibility index (Phi) is 31.7. The van der Waals surface area contributed by atoms with Crippen LogP contribution in [0.15, 0.2) is 207 Å². The molecule has 3 atom stereocenters. The van der Waals surface area contributed by atoms with Crippen LogP contribution in [0, 0.1) is 71.0 Å². The van der Waals surface area contributed by atoms with Gasteiger partial charge in [-0.25, -0.2) is 53.5 Å². The van der Waals surface area contributed by atoms with Gasteiger partial charge in [0, 0.05) is 96.2 Å². The number of alkyl halides is 1. The molecular formula is C100H84ClF10N16O8+. The number of aryl methyl sites for hydroxylation is 2. The average Bonchev–Trinajstić information content (AvgIpc) is 1.66. The number of fused-ring (bicyclic) bond motifs is 5. The van der Waals surface area contributed by atoms with E-state index in [4.69, 9.17) is 27.2 Å². The molecule has 6 heterocycles. The number of nitrogens with zero attached hydrogens (tertiary/aromatic N) is 8. The second-order valence-corrected chi connectivity index (χ2v) is 31.7. The molecule has 0 spiro atoms. The second-order valence-electron chi connectivity index (χ2n) is 31.4. The zero-order chi connectivity index (χ0) is 97.1. The summed E-state index contributed by atoms with van der Waals surface area (Å²) >= 11 is 5.85. The number of carbonyl (C=O) groups is 6. The molecule has 0 radical (unpaired) electrons. The van der Waals surface area contributed by atoms with Gasteiger partial charge in [-0.3, -0.25) is 54.1 Å². The quantitative estimate of drug-likeness (QED) is 0.0173. The highest BCUT2D eigenvalue weighted by Gasteiger charge is 2.26. The summed E-state index contributed by atoms with van der Waals surface area (Å²) in [4.78, 5) is 75.3. The van der Waals surface area contributed by atoms with E-state index in [9.17, 15) is 72.7 Å². The lowest BCUT2D eigenvalue weighted by Crippen LogP contribution is -2.42. The SMILES string of the molecule is C[C@H](NC(=O)c1cc2c(/C=C/c3cccc(F)c3)n[nH]c2cc1F)C(N)=O.Cn1nc(/C=C/c2cccc(F)c2)c2cc(C(=O)O)c(F)cc21.Cn1nc(/C=C/c2cccc(F)c2)c2cc(NC(=O)OC(C)(C)C)c(F)cc21.O=C(NCc1cccnc1)c1cc2c(/C=C/c3cccc(F)c3)n[nH]c2cc1F.[CH2+]C(C)[C@@H](CCl)NC(=O)c1cc2c(/C=C/c3cccc(F)c3)n[nH]c2cc1F. The third kappa shape index (κ3) is 26.0. The summed E-state index contributed by atoms with van der Waals surface area (Å²) in [6.07, 6.45) is 19.3. The van der Waals surface area contributed by atoms with Crippen LogP contribution in [0.2, 0.25) is 0 Å². The molecule has 0 saturated heterocycles. The molecule has 0 saturated carbocycles. The first-order chi connectivity index (χ1) is 64.4.